The highest BCUT2D eigenvalue weighted by molar-refractivity contribution is 5.61. The standard InChI is InChI=1S/C22H21FN2O/c1-25-12-10-22(26-19-6-4-5-18(23)14-19)20-9-8-16(13-17(20)15-25)21-7-2-3-11-24-21/h2-9,11,13-14,22H,10,12,15H2,1H3. The second kappa shape index (κ2) is 7.26. The predicted molar refractivity (Wildman–Crippen MR) is 100 cm³/mol. The van der Waals surface area contributed by atoms with Crippen molar-refractivity contribution >= 4 is 0 Å². The molecule has 3 nitrogen and oxygen atoms in total. The third-order valence-electron chi connectivity index (χ3n) is 4.74. The lowest BCUT2D eigenvalue weighted by Crippen LogP contribution is -2.18. The van der Waals surface area contributed by atoms with E-state index in [1.54, 1.807) is 12.1 Å². The molecule has 0 radical (unpaired) electrons. The van der Waals surface area contributed by atoms with Crippen molar-refractivity contribution in [1.82, 2.24) is 9.88 Å². The smallest absolute Gasteiger partial charge is 0.126 e. The van der Waals surface area contributed by atoms with Crippen molar-refractivity contribution in [2.75, 3.05) is 13.6 Å². The molecule has 0 N–H and O–H groups in total. The van der Waals surface area contributed by atoms with Crippen LogP contribution in [-0.4, -0.2) is 23.5 Å². The van der Waals surface area contributed by atoms with E-state index in [0.29, 0.717) is 5.75 Å². The Hall–Kier alpha value is -2.72. The maximum Gasteiger partial charge on any atom is 0.126 e. The number of ether oxygens (including phenoxy) is 1. The average Bonchev–Trinajstić information content (AvgIpc) is 2.81. The third-order valence-corrected chi connectivity index (χ3v) is 4.74. The Bertz CT molecular complexity index is 898. The molecule has 3 aromatic rings. The molecule has 0 aliphatic carbocycles. The van der Waals surface area contributed by atoms with Gasteiger partial charge in [0.25, 0.3) is 0 Å². The average molecular weight is 348 g/mol. The predicted octanol–water partition coefficient (Wildman–Crippen LogP) is 4.84. The summed E-state index contributed by atoms with van der Waals surface area (Å²) in [4.78, 5) is 6.74. The first kappa shape index (κ1) is 16.7. The molecule has 0 bridgehead atoms. The largest absolute Gasteiger partial charge is 0.486 e. The van der Waals surface area contributed by atoms with Crippen LogP contribution in [0.1, 0.15) is 23.7 Å². The van der Waals surface area contributed by atoms with Crippen LogP contribution < -0.4 is 4.74 Å². The van der Waals surface area contributed by atoms with Crippen molar-refractivity contribution in [3.05, 3.63) is 83.8 Å². The van der Waals surface area contributed by atoms with Gasteiger partial charge in [-0.3, -0.25) is 4.98 Å². The van der Waals surface area contributed by atoms with Crippen molar-refractivity contribution in [2.24, 2.45) is 0 Å². The van der Waals surface area contributed by atoms with Crippen LogP contribution in [0.25, 0.3) is 11.3 Å². The second-order valence-electron chi connectivity index (χ2n) is 6.72. The molecule has 1 aromatic heterocycles. The quantitative estimate of drug-likeness (QED) is 0.677. The van der Waals surface area contributed by atoms with Gasteiger partial charge in [0.15, 0.2) is 0 Å². The van der Waals surface area contributed by atoms with Gasteiger partial charge in [0.05, 0.1) is 5.69 Å². The summed E-state index contributed by atoms with van der Waals surface area (Å²) in [6, 6.07) is 18.7. The van der Waals surface area contributed by atoms with Gasteiger partial charge in [-0.15, -0.1) is 0 Å². The Labute approximate surface area is 153 Å². The van der Waals surface area contributed by atoms with E-state index < -0.39 is 0 Å². The lowest BCUT2D eigenvalue weighted by Gasteiger charge is -2.20. The summed E-state index contributed by atoms with van der Waals surface area (Å²) in [6.45, 7) is 1.78. The molecular formula is C22H21FN2O. The molecule has 0 amide bonds. The Morgan fingerprint density at radius 3 is 2.81 bits per heavy atom. The van der Waals surface area contributed by atoms with E-state index in [0.717, 1.165) is 30.8 Å². The molecule has 2 heterocycles. The van der Waals surface area contributed by atoms with Crippen LogP contribution in [0.5, 0.6) is 5.75 Å². The van der Waals surface area contributed by atoms with Crippen molar-refractivity contribution in [3.63, 3.8) is 0 Å². The fraction of sp³-hybridized carbons (Fsp3) is 0.227. The molecule has 0 saturated carbocycles. The summed E-state index contributed by atoms with van der Waals surface area (Å²) in [5, 5.41) is 0. The summed E-state index contributed by atoms with van der Waals surface area (Å²) in [5.41, 5.74) is 4.46. The number of fused-ring (bicyclic) bond motifs is 1. The number of hydrogen-bond acceptors (Lipinski definition) is 3. The molecule has 0 spiro atoms. The minimum absolute atomic E-state index is 0.0884. The maximum absolute atomic E-state index is 13.5. The van der Waals surface area contributed by atoms with E-state index in [2.05, 4.69) is 35.1 Å². The summed E-state index contributed by atoms with van der Waals surface area (Å²) in [5.74, 6) is 0.290. The molecule has 1 aliphatic heterocycles. The minimum Gasteiger partial charge on any atom is -0.486 e. The maximum atomic E-state index is 13.5. The van der Waals surface area contributed by atoms with E-state index in [9.17, 15) is 4.39 Å². The zero-order valence-electron chi connectivity index (χ0n) is 14.7. The molecule has 2 aromatic carbocycles. The van der Waals surface area contributed by atoms with E-state index in [1.165, 1.54) is 23.3 Å². The van der Waals surface area contributed by atoms with Gasteiger partial charge in [0.1, 0.15) is 17.7 Å². The van der Waals surface area contributed by atoms with E-state index in [1.807, 2.05) is 24.4 Å². The first-order chi connectivity index (χ1) is 12.7. The number of nitrogens with zero attached hydrogens (tertiary/aromatic N) is 2. The molecule has 4 heteroatoms. The number of benzene rings is 2. The molecule has 1 atom stereocenters. The number of hydrogen-bond donors (Lipinski definition) is 0. The fourth-order valence-corrected chi connectivity index (χ4v) is 3.44. The number of rotatable bonds is 3. The highest BCUT2D eigenvalue weighted by Gasteiger charge is 2.23. The molecule has 1 unspecified atom stereocenters. The normalized spacial score (nSPS) is 17.4. The van der Waals surface area contributed by atoms with Crippen LogP contribution in [0.4, 0.5) is 4.39 Å². The molecule has 0 fully saturated rings. The van der Waals surface area contributed by atoms with Crippen molar-refractivity contribution in [2.45, 2.75) is 19.1 Å². The van der Waals surface area contributed by atoms with Gasteiger partial charge < -0.3 is 9.64 Å². The molecule has 4 rings (SSSR count). The van der Waals surface area contributed by atoms with Crippen LogP contribution in [0, 0.1) is 5.82 Å². The topological polar surface area (TPSA) is 25.4 Å². The van der Waals surface area contributed by atoms with Gasteiger partial charge in [-0.2, -0.15) is 0 Å². The van der Waals surface area contributed by atoms with Crippen molar-refractivity contribution < 1.29 is 9.13 Å². The lowest BCUT2D eigenvalue weighted by atomic mass is 9.97. The first-order valence-electron chi connectivity index (χ1n) is 8.84. The minimum atomic E-state index is -0.279. The molecule has 132 valence electrons. The zero-order chi connectivity index (χ0) is 17.9. The summed E-state index contributed by atoms with van der Waals surface area (Å²) < 4.78 is 19.7. The van der Waals surface area contributed by atoms with Crippen molar-refractivity contribution in [3.8, 4) is 17.0 Å². The van der Waals surface area contributed by atoms with Gasteiger partial charge in [-0.25, -0.2) is 4.39 Å². The van der Waals surface area contributed by atoms with Crippen LogP contribution in [0.15, 0.2) is 66.9 Å². The molecule has 26 heavy (non-hydrogen) atoms. The number of aromatic nitrogens is 1. The molecule has 0 saturated heterocycles. The van der Waals surface area contributed by atoms with Crippen LogP contribution in [-0.2, 0) is 6.54 Å². The van der Waals surface area contributed by atoms with Gasteiger partial charge in [-0.1, -0.05) is 24.3 Å². The van der Waals surface area contributed by atoms with Gasteiger partial charge in [-0.05, 0) is 48.5 Å². The van der Waals surface area contributed by atoms with Crippen molar-refractivity contribution in [1.29, 1.82) is 0 Å². The van der Waals surface area contributed by atoms with Crippen LogP contribution >= 0.6 is 0 Å². The van der Waals surface area contributed by atoms with E-state index >= 15 is 0 Å². The zero-order valence-corrected chi connectivity index (χ0v) is 14.7. The Morgan fingerprint density at radius 2 is 2.00 bits per heavy atom. The van der Waals surface area contributed by atoms with E-state index in [4.69, 9.17) is 4.74 Å². The summed E-state index contributed by atoms with van der Waals surface area (Å²) in [7, 11) is 2.11. The number of halogens is 1. The van der Waals surface area contributed by atoms with Gasteiger partial charge in [0, 0.05) is 37.3 Å². The Kier molecular flexibility index (Phi) is 4.67. The third kappa shape index (κ3) is 3.60. The van der Waals surface area contributed by atoms with E-state index in [-0.39, 0.29) is 11.9 Å². The van der Waals surface area contributed by atoms with Crippen LogP contribution in [0.3, 0.4) is 0 Å². The molecular weight excluding hydrogens is 327 g/mol. The summed E-state index contributed by atoms with van der Waals surface area (Å²) >= 11 is 0. The second-order valence-corrected chi connectivity index (χ2v) is 6.72. The lowest BCUT2D eigenvalue weighted by molar-refractivity contribution is 0.182. The summed E-state index contributed by atoms with van der Waals surface area (Å²) in [6.07, 6.45) is 2.58. The highest BCUT2D eigenvalue weighted by Crippen LogP contribution is 2.33. The monoisotopic (exact) mass is 348 g/mol. The SMILES string of the molecule is CN1CCC(Oc2cccc(F)c2)c2ccc(-c3ccccn3)cc2C1. The Balaban J connectivity index is 1.69. The van der Waals surface area contributed by atoms with Crippen LogP contribution in [0.2, 0.25) is 0 Å². The fourth-order valence-electron chi connectivity index (χ4n) is 3.44. The molecule has 1 aliphatic rings. The highest BCUT2D eigenvalue weighted by atomic mass is 19.1. The number of pyridine rings is 1. The first-order valence-corrected chi connectivity index (χ1v) is 8.84. The Morgan fingerprint density at radius 1 is 1.08 bits per heavy atom. The van der Waals surface area contributed by atoms with Gasteiger partial charge >= 0.3 is 0 Å². The van der Waals surface area contributed by atoms with Gasteiger partial charge in [0.2, 0.25) is 0 Å².